The number of hydrogen-bond donors (Lipinski definition) is 0. The van der Waals surface area contributed by atoms with Gasteiger partial charge >= 0.3 is 0 Å². The van der Waals surface area contributed by atoms with Crippen LogP contribution in [0.15, 0.2) is 36.7 Å². The number of carbonyl (C=O) groups excluding carboxylic acids is 1. The lowest BCUT2D eigenvalue weighted by atomic mass is 9.85. The van der Waals surface area contributed by atoms with Gasteiger partial charge in [0.15, 0.2) is 0 Å². The summed E-state index contributed by atoms with van der Waals surface area (Å²) in [5.41, 5.74) is 3.54. The molecule has 0 N–H and O–H groups in total. The van der Waals surface area contributed by atoms with Crippen LogP contribution in [0.2, 0.25) is 0 Å². The van der Waals surface area contributed by atoms with Gasteiger partial charge in [-0.05, 0) is 63.3 Å². The van der Waals surface area contributed by atoms with Gasteiger partial charge in [-0.3, -0.25) is 9.69 Å². The van der Waals surface area contributed by atoms with Crippen LogP contribution in [0.1, 0.15) is 62.1 Å². The summed E-state index contributed by atoms with van der Waals surface area (Å²) in [5, 5.41) is 4.51. The molecule has 3 aliphatic heterocycles. The lowest BCUT2D eigenvalue weighted by Crippen LogP contribution is -2.51. The molecule has 1 aromatic heterocycles. The highest BCUT2D eigenvalue weighted by Crippen LogP contribution is 2.57. The molecular weight excluding hydrogens is 360 g/mol. The number of aromatic nitrogens is 2. The van der Waals surface area contributed by atoms with E-state index in [9.17, 15) is 4.79 Å². The number of carbonyl (C=O) groups is 1. The molecule has 1 saturated carbocycles. The van der Waals surface area contributed by atoms with Crippen LogP contribution in [0.5, 0.6) is 0 Å². The zero-order valence-electron chi connectivity index (χ0n) is 17.3. The number of nitrogens with zero attached hydrogens (tertiary/aromatic N) is 4. The second-order valence-electron chi connectivity index (χ2n) is 9.58. The number of hydrogen-bond acceptors (Lipinski definition) is 3. The Kier molecular flexibility index (Phi) is 3.92. The molecule has 1 aliphatic carbocycles. The largest absolute Gasteiger partial charge is 0.338 e. The van der Waals surface area contributed by atoms with Crippen molar-refractivity contribution in [1.29, 1.82) is 0 Å². The van der Waals surface area contributed by atoms with E-state index in [1.54, 1.807) is 0 Å². The van der Waals surface area contributed by atoms with Gasteiger partial charge in [-0.2, -0.15) is 5.10 Å². The third-order valence-electron chi connectivity index (χ3n) is 8.14. The Morgan fingerprint density at radius 1 is 1.17 bits per heavy atom. The monoisotopic (exact) mass is 390 g/mol. The highest BCUT2D eigenvalue weighted by atomic mass is 16.2. The number of likely N-dealkylation sites (tertiary alicyclic amines) is 1. The fourth-order valence-electron chi connectivity index (χ4n) is 6.91. The number of amides is 1. The van der Waals surface area contributed by atoms with Crippen LogP contribution in [0.25, 0.3) is 5.69 Å². The van der Waals surface area contributed by atoms with Gasteiger partial charge in [0.1, 0.15) is 5.54 Å². The molecule has 1 aromatic carbocycles. The van der Waals surface area contributed by atoms with Gasteiger partial charge in [0, 0.05) is 36.9 Å². The van der Waals surface area contributed by atoms with Crippen molar-refractivity contribution < 1.29 is 4.79 Å². The molecule has 3 atom stereocenters. The topological polar surface area (TPSA) is 41.4 Å². The maximum Gasteiger partial charge on any atom is 0.243 e. The van der Waals surface area contributed by atoms with E-state index in [1.165, 1.54) is 36.8 Å². The summed E-state index contributed by atoms with van der Waals surface area (Å²) in [5.74, 6) is 0.914. The first kappa shape index (κ1) is 17.7. The van der Waals surface area contributed by atoms with Gasteiger partial charge < -0.3 is 4.90 Å². The van der Waals surface area contributed by atoms with E-state index in [-0.39, 0.29) is 5.54 Å². The van der Waals surface area contributed by atoms with Crippen molar-refractivity contribution in [3.8, 4) is 5.69 Å². The summed E-state index contributed by atoms with van der Waals surface area (Å²) in [6.07, 6.45) is 12.1. The van der Waals surface area contributed by atoms with Crippen molar-refractivity contribution in [3.05, 3.63) is 47.8 Å². The summed E-state index contributed by atoms with van der Waals surface area (Å²) in [6, 6.07) is 9.49. The minimum Gasteiger partial charge on any atom is -0.338 e. The van der Waals surface area contributed by atoms with Crippen LogP contribution >= 0.6 is 0 Å². The smallest absolute Gasteiger partial charge is 0.243 e. The number of benzene rings is 1. The zero-order chi connectivity index (χ0) is 19.6. The average molecular weight is 391 g/mol. The first-order chi connectivity index (χ1) is 14.2. The Labute approximate surface area is 172 Å². The van der Waals surface area contributed by atoms with Crippen LogP contribution in [0, 0.1) is 12.8 Å². The van der Waals surface area contributed by atoms with E-state index in [2.05, 4.69) is 40.0 Å². The number of aryl methyl sites for hydroxylation is 1. The van der Waals surface area contributed by atoms with Gasteiger partial charge in [-0.15, -0.1) is 0 Å². The summed E-state index contributed by atoms with van der Waals surface area (Å²) in [6.45, 7) is 4.18. The Balaban J connectivity index is 1.39. The molecule has 6 rings (SSSR count). The van der Waals surface area contributed by atoms with Crippen molar-refractivity contribution in [2.45, 2.75) is 69.5 Å². The first-order valence-electron chi connectivity index (χ1n) is 11.4. The maximum absolute atomic E-state index is 13.8. The van der Waals surface area contributed by atoms with E-state index >= 15 is 0 Å². The average Bonchev–Trinajstić information content (AvgIpc) is 3.52. The lowest BCUT2D eigenvalue weighted by Gasteiger charge is -2.35. The highest BCUT2D eigenvalue weighted by molar-refractivity contribution is 5.90. The minimum absolute atomic E-state index is 0.238. The third kappa shape index (κ3) is 2.43. The van der Waals surface area contributed by atoms with Gasteiger partial charge in [0.25, 0.3) is 0 Å². The fraction of sp³-hybridized carbons (Fsp3) is 0.583. The Morgan fingerprint density at radius 2 is 2.03 bits per heavy atom. The number of rotatable bonds is 3. The van der Waals surface area contributed by atoms with Crippen molar-refractivity contribution in [1.82, 2.24) is 19.6 Å². The zero-order valence-corrected chi connectivity index (χ0v) is 17.3. The molecule has 1 amide bonds. The highest BCUT2D eigenvalue weighted by Gasteiger charge is 2.66. The molecule has 0 bridgehead atoms. The third-order valence-corrected chi connectivity index (χ3v) is 8.14. The van der Waals surface area contributed by atoms with Crippen molar-refractivity contribution in [2.75, 3.05) is 13.1 Å². The van der Waals surface area contributed by atoms with Crippen LogP contribution in [-0.2, 0) is 4.79 Å². The molecule has 3 saturated heterocycles. The van der Waals surface area contributed by atoms with Crippen molar-refractivity contribution >= 4 is 5.91 Å². The molecule has 5 heteroatoms. The van der Waals surface area contributed by atoms with Crippen molar-refractivity contribution in [2.24, 2.45) is 5.92 Å². The van der Waals surface area contributed by atoms with Crippen LogP contribution in [0.4, 0.5) is 0 Å². The molecule has 1 spiro atoms. The predicted octanol–water partition coefficient (Wildman–Crippen LogP) is 3.86. The van der Waals surface area contributed by atoms with Crippen molar-refractivity contribution in [3.63, 3.8) is 0 Å². The summed E-state index contributed by atoms with van der Waals surface area (Å²) >= 11 is 0. The minimum atomic E-state index is -0.238. The van der Waals surface area contributed by atoms with Gasteiger partial charge in [0.05, 0.1) is 5.69 Å². The van der Waals surface area contributed by atoms with E-state index in [4.69, 9.17) is 0 Å². The molecule has 4 aliphatic rings. The van der Waals surface area contributed by atoms with E-state index in [1.807, 2.05) is 23.1 Å². The SMILES string of the molecule is Cc1ccc(-n2cccn2)c([C@@H]2C[C@H]3CN(C4CCCC4)C(=O)[C@]34CCCN24)c1. The molecule has 2 aromatic rings. The van der Waals surface area contributed by atoms with E-state index in [0.717, 1.165) is 38.0 Å². The summed E-state index contributed by atoms with van der Waals surface area (Å²) < 4.78 is 1.98. The van der Waals surface area contributed by atoms with Crippen LogP contribution in [-0.4, -0.2) is 50.2 Å². The maximum atomic E-state index is 13.8. The molecular formula is C24H30N4O. The van der Waals surface area contributed by atoms with Crippen LogP contribution < -0.4 is 0 Å². The Hall–Kier alpha value is -2.14. The Bertz CT molecular complexity index is 932. The normalized spacial score (nSPS) is 32.3. The first-order valence-corrected chi connectivity index (χ1v) is 11.4. The molecule has 0 unspecified atom stereocenters. The van der Waals surface area contributed by atoms with Gasteiger partial charge in [-0.1, -0.05) is 30.5 Å². The molecule has 5 nitrogen and oxygen atoms in total. The molecule has 4 heterocycles. The van der Waals surface area contributed by atoms with Gasteiger partial charge in [-0.25, -0.2) is 4.68 Å². The molecule has 29 heavy (non-hydrogen) atoms. The van der Waals surface area contributed by atoms with E-state index < -0.39 is 0 Å². The molecule has 4 fully saturated rings. The molecule has 152 valence electrons. The van der Waals surface area contributed by atoms with Crippen LogP contribution in [0.3, 0.4) is 0 Å². The fourth-order valence-corrected chi connectivity index (χ4v) is 6.91. The Morgan fingerprint density at radius 3 is 2.83 bits per heavy atom. The second kappa shape index (κ2) is 6.43. The predicted molar refractivity (Wildman–Crippen MR) is 112 cm³/mol. The summed E-state index contributed by atoms with van der Waals surface area (Å²) in [4.78, 5) is 18.7. The van der Waals surface area contributed by atoms with Gasteiger partial charge in [0.2, 0.25) is 5.91 Å². The summed E-state index contributed by atoms with van der Waals surface area (Å²) in [7, 11) is 0. The van der Waals surface area contributed by atoms with E-state index in [0.29, 0.717) is 23.9 Å². The standard InChI is InChI=1S/C24H30N4O/c1-17-8-9-21(28-13-5-11-25-28)20(14-17)22-15-18-16-26(19-6-2-3-7-19)23(29)24(18)10-4-12-27(22)24/h5,8-9,11,13-14,18-19,22H,2-4,6-7,10,12,15-16H2,1H3/t18-,22-,24-/m0/s1. The second-order valence-corrected chi connectivity index (χ2v) is 9.58. The molecule has 0 radical (unpaired) electrons. The lowest BCUT2D eigenvalue weighted by molar-refractivity contribution is -0.138. The quantitative estimate of drug-likeness (QED) is 0.799.